The molecule has 0 radical (unpaired) electrons. The Hall–Kier alpha value is -12.9. The fourth-order valence-corrected chi connectivity index (χ4v) is 13.2. The Morgan fingerprint density at radius 2 is 0.510 bits per heavy atom. The van der Waals surface area contributed by atoms with E-state index in [2.05, 4.69) is 297 Å². The molecule has 0 fully saturated rings. The monoisotopic (exact) mass is 1290 g/mol. The van der Waals surface area contributed by atoms with Gasteiger partial charge in [-0.15, -0.1) is 0 Å². The van der Waals surface area contributed by atoms with Crippen LogP contribution in [0.25, 0.3) is 77.9 Å². The molecule has 15 rings (SSSR count). The van der Waals surface area contributed by atoms with Gasteiger partial charge in [-0.05, 0) is 121 Å². The Balaban J connectivity index is 0.955. The van der Waals surface area contributed by atoms with Gasteiger partial charge in [0.1, 0.15) is 40.2 Å². The number of hydrogen-bond acceptors (Lipinski definition) is 6. The molecule has 0 spiro atoms. The lowest BCUT2D eigenvalue weighted by Crippen LogP contribution is -2.19. The molecule has 6 heteroatoms. The number of phenolic OH excluding ortho intramolecular Hbond substituents is 1. The van der Waals surface area contributed by atoms with E-state index in [1.54, 1.807) is 6.07 Å². The van der Waals surface area contributed by atoms with Gasteiger partial charge in [-0.2, -0.15) is 0 Å². The summed E-state index contributed by atoms with van der Waals surface area (Å²) < 4.78 is 20.8. The van der Waals surface area contributed by atoms with E-state index in [0.717, 1.165) is 112 Å². The maximum absolute atomic E-state index is 12.6. The molecular formula is C94H72N2O4. The number of phenols is 1. The smallest absolute Gasteiger partial charge is 0.134 e. The SMILES string of the molecule is CC(C)(C)c1cc(N(c2cc(O)cc(Oc3cc(Oc4cccc(-c5ccccc5)c4)cc(Oc4cccc(-c5ccccc5)c4)c3)c2)c2c(-c3ccccc3)cccc2-c2ccccc2)cc(N(c2cccc(-c3ccccc3)c2)c2c(-c3ccccc3)cccc2-c2ccccc2)c1. The highest BCUT2D eigenvalue weighted by Crippen LogP contribution is 2.53. The molecule has 0 bridgehead atoms. The Morgan fingerprint density at radius 3 is 0.880 bits per heavy atom. The van der Waals surface area contributed by atoms with Crippen molar-refractivity contribution in [2.45, 2.75) is 26.2 Å². The Bertz CT molecular complexity index is 5100. The topological polar surface area (TPSA) is 54.4 Å². The van der Waals surface area contributed by atoms with Gasteiger partial charge >= 0.3 is 0 Å². The summed E-state index contributed by atoms with van der Waals surface area (Å²) in [5.74, 6) is 3.02. The standard InChI is InChI=1S/C94H72N2O4/c1-94(2,3)76-57-78(95(77-47-25-44-73(54-77)66-30-11-4-12-31-66)92-88(69-36-17-7-18-37-69)50-28-51-89(92)70-38-19-8-20-39-70)59-79(58-76)96(93-90(71-40-21-9-22-41-71)52-29-53-91(93)72-42-23-10-24-43-72)80-60-81(97)62-84(61-80)100-87-64-85(98-82-48-26-45-74(55-82)67-32-13-5-14-33-67)63-86(65-87)99-83-49-27-46-75(56-83)68-34-15-6-16-35-68/h4-65,97H,1-3H3. The van der Waals surface area contributed by atoms with Crippen molar-refractivity contribution < 1.29 is 19.3 Å². The molecule has 0 saturated heterocycles. The second-order valence-electron chi connectivity index (χ2n) is 25.9. The lowest BCUT2D eigenvalue weighted by atomic mass is 9.85. The van der Waals surface area contributed by atoms with Crippen molar-refractivity contribution in [1.29, 1.82) is 0 Å². The van der Waals surface area contributed by atoms with Crippen molar-refractivity contribution in [1.82, 2.24) is 0 Å². The van der Waals surface area contributed by atoms with Gasteiger partial charge in [-0.25, -0.2) is 0 Å². The highest BCUT2D eigenvalue weighted by molar-refractivity contribution is 6.01. The van der Waals surface area contributed by atoms with Crippen molar-refractivity contribution in [2.75, 3.05) is 9.80 Å². The average molecular weight is 1290 g/mol. The van der Waals surface area contributed by atoms with Crippen LogP contribution < -0.4 is 24.0 Å². The van der Waals surface area contributed by atoms with Crippen LogP contribution in [0, 0.1) is 0 Å². The van der Waals surface area contributed by atoms with E-state index in [-0.39, 0.29) is 5.75 Å². The third-order valence-electron chi connectivity index (χ3n) is 17.9. The van der Waals surface area contributed by atoms with E-state index in [4.69, 9.17) is 14.2 Å². The molecule has 0 atom stereocenters. The second-order valence-corrected chi connectivity index (χ2v) is 25.9. The van der Waals surface area contributed by atoms with Crippen molar-refractivity contribution in [3.05, 3.63) is 382 Å². The van der Waals surface area contributed by atoms with Gasteiger partial charge in [-0.3, -0.25) is 0 Å². The minimum atomic E-state index is -0.401. The van der Waals surface area contributed by atoms with Gasteiger partial charge in [0.15, 0.2) is 0 Å². The van der Waals surface area contributed by atoms with Crippen LogP contribution in [0.1, 0.15) is 26.3 Å². The summed E-state index contributed by atoms with van der Waals surface area (Å²) >= 11 is 0. The first-order valence-corrected chi connectivity index (χ1v) is 33.8. The van der Waals surface area contributed by atoms with Crippen LogP contribution in [0.4, 0.5) is 34.1 Å². The summed E-state index contributed by atoms with van der Waals surface area (Å²) in [5.41, 5.74) is 20.6. The first-order chi connectivity index (χ1) is 49.1. The van der Waals surface area contributed by atoms with Crippen molar-refractivity contribution in [3.63, 3.8) is 0 Å². The van der Waals surface area contributed by atoms with E-state index in [0.29, 0.717) is 40.2 Å². The minimum Gasteiger partial charge on any atom is -0.508 e. The van der Waals surface area contributed by atoms with E-state index >= 15 is 0 Å². The molecule has 0 saturated carbocycles. The Morgan fingerprint density at radius 1 is 0.220 bits per heavy atom. The van der Waals surface area contributed by atoms with Crippen LogP contribution in [-0.4, -0.2) is 5.11 Å². The molecule has 0 aliphatic heterocycles. The fraction of sp³-hybridized carbons (Fsp3) is 0.0426. The number of anilines is 6. The number of ether oxygens (including phenoxy) is 3. The van der Waals surface area contributed by atoms with Crippen LogP contribution in [0.2, 0.25) is 0 Å². The van der Waals surface area contributed by atoms with Crippen molar-refractivity contribution in [2.24, 2.45) is 0 Å². The van der Waals surface area contributed by atoms with Crippen LogP contribution in [0.15, 0.2) is 376 Å². The third kappa shape index (κ3) is 14.0. The van der Waals surface area contributed by atoms with E-state index in [1.165, 1.54) is 0 Å². The molecule has 15 aromatic carbocycles. The lowest BCUT2D eigenvalue weighted by molar-refractivity contribution is 0.435. The van der Waals surface area contributed by atoms with Gasteiger partial charge in [0.05, 0.1) is 17.1 Å². The molecule has 0 aliphatic rings. The number of hydrogen-bond donors (Lipinski definition) is 1. The highest BCUT2D eigenvalue weighted by atomic mass is 16.5. The van der Waals surface area contributed by atoms with E-state index in [9.17, 15) is 5.11 Å². The van der Waals surface area contributed by atoms with Crippen LogP contribution in [0.5, 0.6) is 40.2 Å². The van der Waals surface area contributed by atoms with Crippen LogP contribution >= 0.6 is 0 Å². The summed E-state index contributed by atoms with van der Waals surface area (Å²) in [7, 11) is 0. The van der Waals surface area contributed by atoms with E-state index in [1.807, 2.05) is 103 Å². The Labute approximate surface area is 585 Å². The average Bonchev–Trinajstić information content (AvgIpc) is 0.745. The van der Waals surface area contributed by atoms with Crippen LogP contribution in [0.3, 0.4) is 0 Å². The molecule has 15 aromatic rings. The number of nitrogens with zero attached hydrogens (tertiary/aromatic N) is 2. The number of rotatable bonds is 19. The second kappa shape index (κ2) is 28.4. The molecule has 100 heavy (non-hydrogen) atoms. The molecule has 0 amide bonds. The minimum absolute atomic E-state index is 0.00821. The summed E-state index contributed by atoms with van der Waals surface area (Å²) in [6.45, 7) is 6.83. The zero-order valence-electron chi connectivity index (χ0n) is 55.9. The highest BCUT2D eigenvalue weighted by Gasteiger charge is 2.30. The molecular weight excluding hydrogens is 1220 g/mol. The van der Waals surface area contributed by atoms with E-state index < -0.39 is 5.41 Å². The van der Waals surface area contributed by atoms with Gasteiger partial charge in [0.2, 0.25) is 0 Å². The number of aromatic hydroxyl groups is 1. The van der Waals surface area contributed by atoms with Crippen LogP contribution in [-0.2, 0) is 5.41 Å². The molecule has 0 unspecified atom stereocenters. The van der Waals surface area contributed by atoms with Gasteiger partial charge in [-0.1, -0.05) is 306 Å². The lowest BCUT2D eigenvalue weighted by Gasteiger charge is -2.35. The third-order valence-corrected chi connectivity index (χ3v) is 17.9. The zero-order valence-corrected chi connectivity index (χ0v) is 55.9. The fourth-order valence-electron chi connectivity index (χ4n) is 13.2. The van der Waals surface area contributed by atoms with Crippen molar-refractivity contribution in [3.8, 4) is 118 Å². The maximum atomic E-state index is 12.6. The summed E-state index contributed by atoms with van der Waals surface area (Å²) in [4.78, 5) is 4.76. The van der Waals surface area contributed by atoms with Gasteiger partial charge in [0, 0.05) is 75.7 Å². The molecule has 0 heterocycles. The van der Waals surface area contributed by atoms with Gasteiger partial charge < -0.3 is 29.1 Å². The molecule has 6 nitrogen and oxygen atoms in total. The predicted molar refractivity (Wildman–Crippen MR) is 414 cm³/mol. The Kier molecular flexibility index (Phi) is 18.0. The predicted octanol–water partition coefficient (Wildman–Crippen LogP) is 26.7. The number of benzene rings is 15. The maximum Gasteiger partial charge on any atom is 0.134 e. The summed E-state index contributed by atoms with van der Waals surface area (Å²) in [6.07, 6.45) is 0. The normalized spacial score (nSPS) is 11.2. The summed E-state index contributed by atoms with van der Waals surface area (Å²) in [6, 6.07) is 130. The number of para-hydroxylation sites is 2. The molecule has 0 aliphatic carbocycles. The van der Waals surface area contributed by atoms with Crippen molar-refractivity contribution >= 4 is 34.1 Å². The summed E-state index contributed by atoms with van der Waals surface area (Å²) in [5, 5.41) is 12.6. The van der Waals surface area contributed by atoms with Gasteiger partial charge in [0.25, 0.3) is 0 Å². The quantitative estimate of drug-likeness (QED) is 0.0871. The first-order valence-electron chi connectivity index (χ1n) is 33.8. The largest absolute Gasteiger partial charge is 0.508 e. The zero-order chi connectivity index (χ0) is 67.8. The first kappa shape index (κ1) is 63.2. The molecule has 1 N–H and O–H groups in total. The molecule has 482 valence electrons. The molecule has 0 aromatic heterocycles.